The molecule has 0 saturated heterocycles. The first-order valence-electron chi connectivity index (χ1n) is 4.95. The Morgan fingerprint density at radius 1 is 1.56 bits per heavy atom. The number of hydrogen-bond donors (Lipinski definition) is 2. The molecule has 0 fully saturated rings. The number of benzene rings is 1. The molecule has 0 saturated carbocycles. The van der Waals surface area contributed by atoms with Crippen molar-refractivity contribution in [2.24, 2.45) is 0 Å². The third-order valence-corrected chi connectivity index (χ3v) is 2.75. The summed E-state index contributed by atoms with van der Waals surface area (Å²) in [6.45, 7) is -0.0923. The van der Waals surface area contributed by atoms with Crippen molar-refractivity contribution in [3.8, 4) is 0 Å². The number of carbonyl (C=O) groups excluding carboxylic acids is 1. The van der Waals surface area contributed by atoms with Crippen LogP contribution < -0.4 is 11.1 Å². The molecular weight excluding hydrogens is 305 g/mol. The van der Waals surface area contributed by atoms with Gasteiger partial charge < -0.3 is 11.1 Å². The number of nitrogens with zero attached hydrogens (tertiary/aromatic N) is 3. The van der Waals surface area contributed by atoms with E-state index in [-0.39, 0.29) is 18.2 Å². The molecule has 0 bridgehead atoms. The summed E-state index contributed by atoms with van der Waals surface area (Å²) < 4.78 is 15.2. The van der Waals surface area contributed by atoms with Crippen LogP contribution in [0.25, 0.3) is 0 Å². The van der Waals surface area contributed by atoms with E-state index in [0.29, 0.717) is 4.47 Å². The highest BCUT2D eigenvalue weighted by Crippen LogP contribution is 2.24. The molecule has 94 valence electrons. The average Bonchev–Trinajstić information content (AvgIpc) is 2.69. The molecule has 3 N–H and O–H groups in total. The van der Waals surface area contributed by atoms with Crippen LogP contribution in [0, 0.1) is 5.82 Å². The lowest BCUT2D eigenvalue weighted by Crippen LogP contribution is -2.20. The van der Waals surface area contributed by atoms with Gasteiger partial charge in [0.25, 0.3) is 0 Å². The van der Waals surface area contributed by atoms with Crippen molar-refractivity contribution in [1.29, 1.82) is 0 Å². The monoisotopic (exact) mass is 313 g/mol. The molecule has 0 unspecified atom stereocenters. The van der Waals surface area contributed by atoms with Gasteiger partial charge in [-0.15, -0.1) is 5.10 Å². The summed E-state index contributed by atoms with van der Waals surface area (Å²) in [6, 6.07) is 4.42. The molecule has 2 aromatic rings. The molecule has 1 heterocycles. The van der Waals surface area contributed by atoms with E-state index in [1.54, 1.807) is 6.07 Å². The fourth-order valence-corrected chi connectivity index (χ4v) is 1.77. The number of nitrogens with one attached hydrogen (secondary N) is 1. The molecule has 8 heteroatoms. The molecule has 0 aliphatic rings. The van der Waals surface area contributed by atoms with E-state index < -0.39 is 11.7 Å². The number of aromatic nitrogens is 3. The van der Waals surface area contributed by atoms with Gasteiger partial charge in [0, 0.05) is 4.47 Å². The van der Waals surface area contributed by atoms with Crippen LogP contribution in [-0.2, 0) is 11.3 Å². The SMILES string of the molecule is Nc1ncn(CC(=O)Nc2c(F)cccc2Br)n1. The number of carbonyl (C=O) groups is 1. The summed E-state index contributed by atoms with van der Waals surface area (Å²) in [7, 11) is 0. The van der Waals surface area contributed by atoms with Crippen LogP contribution >= 0.6 is 15.9 Å². The van der Waals surface area contributed by atoms with Crippen LogP contribution in [0.3, 0.4) is 0 Å². The second-order valence-corrected chi connectivity index (χ2v) is 4.30. The predicted octanol–water partition coefficient (Wildman–Crippen LogP) is 1.40. The molecule has 0 aliphatic heterocycles. The van der Waals surface area contributed by atoms with Gasteiger partial charge in [-0.2, -0.15) is 0 Å². The minimum absolute atomic E-state index is 0.0786. The third-order valence-electron chi connectivity index (χ3n) is 2.09. The standard InChI is InChI=1S/C10H9BrFN5O/c11-6-2-1-3-7(12)9(6)15-8(18)4-17-5-14-10(13)16-17/h1-3,5H,4H2,(H2,13,16)(H,15,18). The number of hydrogen-bond acceptors (Lipinski definition) is 4. The van der Waals surface area contributed by atoms with E-state index in [9.17, 15) is 9.18 Å². The molecule has 18 heavy (non-hydrogen) atoms. The second-order valence-electron chi connectivity index (χ2n) is 3.45. The Morgan fingerprint density at radius 3 is 2.94 bits per heavy atom. The Bertz CT molecular complexity index is 565. The number of nitrogen functional groups attached to an aromatic ring is 1. The van der Waals surface area contributed by atoms with Gasteiger partial charge >= 0.3 is 0 Å². The molecular formula is C10H9BrFN5O. The maximum atomic E-state index is 13.5. The number of rotatable bonds is 3. The minimum atomic E-state index is -0.518. The molecule has 6 nitrogen and oxygen atoms in total. The highest BCUT2D eigenvalue weighted by atomic mass is 79.9. The first kappa shape index (κ1) is 12.5. The largest absolute Gasteiger partial charge is 0.367 e. The fraction of sp³-hybridized carbons (Fsp3) is 0.100. The summed E-state index contributed by atoms with van der Waals surface area (Å²) in [4.78, 5) is 15.3. The molecule has 0 radical (unpaired) electrons. The zero-order valence-corrected chi connectivity index (χ0v) is 10.7. The summed E-state index contributed by atoms with van der Waals surface area (Å²) in [5, 5.41) is 6.20. The maximum Gasteiger partial charge on any atom is 0.246 e. The van der Waals surface area contributed by atoms with Gasteiger partial charge in [0.15, 0.2) is 0 Å². The Hall–Kier alpha value is -1.96. The van der Waals surface area contributed by atoms with E-state index in [2.05, 4.69) is 31.3 Å². The molecule has 1 amide bonds. The van der Waals surface area contributed by atoms with Crippen LogP contribution in [0.5, 0.6) is 0 Å². The molecule has 2 rings (SSSR count). The zero-order chi connectivity index (χ0) is 13.1. The van der Waals surface area contributed by atoms with Crippen LogP contribution in [0.1, 0.15) is 0 Å². The topological polar surface area (TPSA) is 85.8 Å². The van der Waals surface area contributed by atoms with Gasteiger partial charge in [-0.05, 0) is 28.1 Å². The highest BCUT2D eigenvalue weighted by molar-refractivity contribution is 9.10. The van der Waals surface area contributed by atoms with Crippen molar-refractivity contribution < 1.29 is 9.18 Å². The lowest BCUT2D eigenvalue weighted by Gasteiger charge is -2.08. The Labute approximate surface area is 110 Å². The van der Waals surface area contributed by atoms with Crippen molar-refractivity contribution in [3.05, 3.63) is 34.8 Å². The molecule has 0 spiro atoms. The van der Waals surface area contributed by atoms with Crippen molar-refractivity contribution in [3.63, 3.8) is 0 Å². The fourth-order valence-electron chi connectivity index (χ4n) is 1.33. The van der Waals surface area contributed by atoms with Crippen LogP contribution in [0.15, 0.2) is 29.0 Å². The summed E-state index contributed by atoms with van der Waals surface area (Å²) in [5.74, 6) is -0.864. The predicted molar refractivity (Wildman–Crippen MR) is 67.2 cm³/mol. The second kappa shape index (κ2) is 5.13. The third kappa shape index (κ3) is 2.83. The van der Waals surface area contributed by atoms with Gasteiger partial charge in [0.2, 0.25) is 11.9 Å². The zero-order valence-electron chi connectivity index (χ0n) is 9.10. The number of amides is 1. The van der Waals surface area contributed by atoms with E-state index in [1.165, 1.54) is 23.1 Å². The van der Waals surface area contributed by atoms with Crippen molar-refractivity contribution in [2.45, 2.75) is 6.54 Å². The van der Waals surface area contributed by atoms with Gasteiger partial charge in [0.05, 0.1) is 5.69 Å². The van der Waals surface area contributed by atoms with Gasteiger partial charge in [0.1, 0.15) is 18.7 Å². The van der Waals surface area contributed by atoms with Gasteiger partial charge in [-0.3, -0.25) is 4.79 Å². The molecule has 0 atom stereocenters. The van der Waals surface area contributed by atoms with E-state index in [1.807, 2.05) is 0 Å². The lowest BCUT2D eigenvalue weighted by atomic mass is 10.3. The highest BCUT2D eigenvalue weighted by Gasteiger charge is 2.11. The molecule has 1 aromatic heterocycles. The Morgan fingerprint density at radius 2 is 2.33 bits per heavy atom. The van der Waals surface area contributed by atoms with Crippen molar-refractivity contribution >= 4 is 33.5 Å². The summed E-state index contributed by atoms with van der Waals surface area (Å²) in [6.07, 6.45) is 1.32. The maximum absolute atomic E-state index is 13.5. The smallest absolute Gasteiger partial charge is 0.246 e. The van der Waals surface area contributed by atoms with Crippen LogP contribution in [0.2, 0.25) is 0 Å². The van der Waals surface area contributed by atoms with E-state index >= 15 is 0 Å². The normalized spacial score (nSPS) is 10.3. The van der Waals surface area contributed by atoms with Gasteiger partial charge in [-0.25, -0.2) is 14.1 Å². The molecule has 1 aromatic carbocycles. The number of halogens is 2. The van der Waals surface area contributed by atoms with Crippen molar-refractivity contribution in [2.75, 3.05) is 11.1 Å². The Balaban J connectivity index is 2.08. The average molecular weight is 314 g/mol. The first-order chi connectivity index (χ1) is 8.56. The van der Waals surface area contributed by atoms with E-state index in [0.717, 1.165) is 0 Å². The molecule has 0 aliphatic carbocycles. The van der Waals surface area contributed by atoms with Crippen LogP contribution in [0.4, 0.5) is 16.0 Å². The first-order valence-corrected chi connectivity index (χ1v) is 5.74. The summed E-state index contributed by atoms with van der Waals surface area (Å²) >= 11 is 3.16. The van der Waals surface area contributed by atoms with Crippen molar-refractivity contribution in [1.82, 2.24) is 14.8 Å². The number of para-hydroxylation sites is 1. The Kier molecular flexibility index (Phi) is 3.56. The number of nitrogens with two attached hydrogens (primary N) is 1. The van der Waals surface area contributed by atoms with Gasteiger partial charge in [-0.1, -0.05) is 6.07 Å². The quantitative estimate of drug-likeness (QED) is 0.897. The lowest BCUT2D eigenvalue weighted by molar-refractivity contribution is -0.116. The van der Waals surface area contributed by atoms with Crippen LogP contribution in [-0.4, -0.2) is 20.7 Å². The minimum Gasteiger partial charge on any atom is -0.367 e. The number of anilines is 2. The van der Waals surface area contributed by atoms with E-state index in [4.69, 9.17) is 5.73 Å². The summed E-state index contributed by atoms with van der Waals surface area (Å²) in [5.41, 5.74) is 5.41.